The van der Waals surface area contributed by atoms with Crippen molar-refractivity contribution in [3.63, 3.8) is 0 Å². The van der Waals surface area contributed by atoms with Gasteiger partial charge < -0.3 is 10.2 Å². The first-order chi connectivity index (χ1) is 19.9. The Hall–Kier alpha value is -3.17. The molecular weight excluding hydrogens is 614 g/mol. The van der Waals surface area contributed by atoms with Gasteiger partial charge in [-0.2, -0.15) is 0 Å². The lowest BCUT2D eigenvalue weighted by molar-refractivity contribution is -0.141. The molecule has 0 fully saturated rings. The molecule has 0 spiro atoms. The second-order valence-corrected chi connectivity index (χ2v) is 13.7. The number of amides is 2. The van der Waals surface area contributed by atoms with Crippen molar-refractivity contribution in [1.29, 1.82) is 0 Å². The first-order valence-electron chi connectivity index (χ1n) is 14.3. The van der Waals surface area contributed by atoms with Crippen LogP contribution in [-0.2, 0) is 32.6 Å². The molecule has 1 N–H and O–H groups in total. The van der Waals surface area contributed by atoms with Crippen molar-refractivity contribution in [3.05, 3.63) is 99.5 Å². The van der Waals surface area contributed by atoms with E-state index in [0.29, 0.717) is 18.5 Å². The molecule has 42 heavy (non-hydrogen) atoms. The third-order valence-electron chi connectivity index (χ3n) is 7.47. The average molecular weight is 657 g/mol. The van der Waals surface area contributed by atoms with Crippen LogP contribution in [0.25, 0.3) is 0 Å². The summed E-state index contributed by atoms with van der Waals surface area (Å²) in [6.07, 6.45) is 2.71. The summed E-state index contributed by atoms with van der Waals surface area (Å²) in [5.74, 6) is -0.404. The van der Waals surface area contributed by atoms with E-state index in [9.17, 15) is 18.0 Å². The Morgan fingerprint density at radius 2 is 1.60 bits per heavy atom. The van der Waals surface area contributed by atoms with Gasteiger partial charge in [0, 0.05) is 36.4 Å². The largest absolute Gasteiger partial charge is 0.352 e. The molecule has 0 saturated carbocycles. The molecule has 0 aromatic heterocycles. The number of anilines is 1. The average Bonchev–Trinajstić information content (AvgIpc) is 2.95. The van der Waals surface area contributed by atoms with E-state index in [-0.39, 0.29) is 37.4 Å². The van der Waals surface area contributed by atoms with Gasteiger partial charge in [-0.15, -0.1) is 0 Å². The predicted molar refractivity (Wildman–Crippen MR) is 174 cm³/mol. The van der Waals surface area contributed by atoms with Crippen LogP contribution in [0.5, 0.6) is 0 Å². The maximum atomic E-state index is 13.9. The number of hydrogen-bond acceptors (Lipinski definition) is 4. The first-order valence-corrected chi connectivity index (χ1v) is 17.0. The Morgan fingerprint density at radius 3 is 2.19 bits per heavy atom. The fourth-order valence-electron chi connectivity index (χ4n) is 4.67. The van der Waals surface area contributed by atoms with Gasteiger partial charge in [-0.1, -0.05) is 71.4 Å². The standard InChI is InChI=1S/C33H42BrN3O4S/c1-6-26(4)35-33(39)31(22-27-11-8-7-9-12-27)36(23-28-15-17-29(34)18-16-28)32(38)13-10-20-37(42(5,40)41)30-19-14-24(2)25(3)21-30/h7-9,11-12,14-19,21,26,31H,6,10,13,20,22-23H2,1-5H3,(H,35,39)/t26-,31-/m0/s1. The first kappa shape index (κ1) is 33.3. The summed E-state index contributed by atoms with van der Waals surface area (Å²) in [6, 6.07) is 22.1. The molecule has 226 valence electrons. The minimum Gasteiger partial charge on any atom is -0.352 e. The number of carbonyl (C=O) groups excluding carboxylic acids is 2. The molecule has 3 aromatic carbocycles. The summed E-state index contributed by atoms with van der Waals surface area (Å²) in [7, 11) is -3.57. The van der Waals surface area contributed by atoms with Gasteiger partial charge in [-0.25, -0.2) is 8.42 Å². The molecule has 0 aliphatic carbocycles. The molecule has 0 aliphatic heterocycles. The number of aryl methyl sites for hydroxylation is 2. The van der Waals surface area contributed by atoms with Crippen LogP contribution >= 0.6 is 15.9 Å². The van der Waals surface area contributed by atoms with Crippen LogP contribution < -0.4 is 9.62 Å². The van der Waals surface area contributed by atoms with Gasteiger partial charge >= 0.3 is 0 Å². The minimum atomic E-state index is -3.57. The van der Waals surface area contributed by atoms with E-state index in [0.717, 1.165) is 33.1 Å². The van der Waals surface area contributed by atoms with Gasteiger partial charge in [-0.05, 0) is 80.1 Å². The Morgan fingerprint density at radius 1 is 0.929 bits per heavy atom. The highest BCUT2D eigenvalue weighted by Gasteiger charge is 2.31. The zero-order chi connectivity index (χ0) is 30.9. The summed E-state index contributed by atoms with van der Waals surface area (Å²) in [5.41, 5.74) is 4.50. The predicted octanol–water partition coefficient (Wildman–Crippen LogP) is 6.17. The number of rotatable bonds is 14. The zero-order valence-electron chi connectivity index (χ0n) is 25.1. The lowest BCUT2D eigenvalue weighted by Gasteiger charge is -2.32. The van der Waals surface area contributed by atoms with E-state index in [2.05, 4.69) is 21.2 Å². The second kappa shape index (κ2) is 15.3. The fourth-order valence-corrected chi connectivity index (χ4v) is 5.89. The number of benzene rings is 3. The van der Waals surface area contributed by atoms with Crippen LogP contribution in [0.2, 0.25) is 0 Å². The number of nitrogens with zero attached hydrogens (tertiary/aromatic N) is 2. The third-order valence-corrected chi connectivity index (χ3v) is 9.19. The van der Waals surface area contributed by atoms with E-state index in [4.69, 9.17) is 0 Å². The van der Waals surface area contributed by atoms with Crippen LogP contribution in [0.4, 0.5) is 5.69 Å². The smallest absolute Gasteiger partial charge is 0.243 e. The maximum Gasteiger partial charge on any atom is 0.243 e. The summed E-state index contributed by atoms with van der Waals surface area (Å²) in [5, 5.41) is 3.08. The summed E-state index contributed by atoms with van der Waals surface area (Å²) in [4.78, 5) is 29.3. The molecule has 2 atom stereocenters. The van der Waals surface area contributed by atoms with Crippen molar-refractivity contribution < 1.29 is 18.0 Å². The summed E-state index contributed by atoms with van der Waals surface area (Å²) in [6.45, 7) is 8.29. The Kier molecular flexibility index (Phi) is 12.2. The van der Waals surface area contributed by atoms with Crippen LogP contribution in [0.3, 0.4) is 0 Å². The van der Waals surface area contributed by atoms with E-state index < -0.39 is 16.1 Å². The summed E-state index contributed by atoms with van der Waals surface area (Å²) >= 11 is 3.46. The number of sulfonamides is 1. The van der Waals surface area contributed by atoms with Gasteiger partial charge in [0.25, 0.3) is 0 Å². The van der Waals surface area contributed by atoms with Crippen molar-refractivity contribution in [2.45, 2.75) is 72.0 Å². The molecule has 0 heterocycles. The zero-order valence-corrected chi connectivity index (χ0v) is 27.5. The van der Waals surface area contributed by atoms with Gasteiger partial charge in [0.05, 0.1) is 11.9 Å². The van der Waals surface area contributed by atoms with E-state index in [1.165, 1.54) is 10.6 Å². The molecule has 2 amide bonds. The highest BCUT2D eigenvalue weighted by molar-refractivity contribution is 9.10. The van der Waals surface area contributed by atoms with E-state index in [1.54, 1.807) is 11.0 Å². The quantitative estimate of drug-likeness (QED) is 0.225. The summed E-state index contributed by atoms with van der Waals surface area (Å²) < 4.78 is 27.7. The Bertz CT molecular complexity index is 1450. The maximum absolute atomic E-state index is 13.9. The van der Waals surface area contributed by atoms with Gasteiger partial charge in [0.1, 0.15) is 6.04 Å². The lowest BCUT2D eigenvalue weighted by atomic mass is 10.0. The lowest BCUT2D eigenvalue weighted by Crippen LogP contribution is -2.52. The van der Waals surface area contributed by atoms with Crippen molar-refractivity contribution in [1.82, 2.24) is 10.2 Å². The molecule has 3 aromatic rings. The van der Waals surface area contributed by atoms with E-state index in [1.807, 2.05) is 94.4 Å². The molecule has 0 aliphatic rings. The van der Waals surface area contributed by atoms with Crippen molar-refractivity contribution >= 4 is 43.5 Å². The minimum absolute atomic E-state index is 0.0401. The van der Waals surface area contributed by atoms with Gasteiger partial charge in [0.15, 0.2) is 0 Å². The molecular formula is C33H42BrN3O4S. The number of nitrogens with one attached hydrogen (secondary N) is 1. The topological polar surface area (TPSA) is 86.8 Å². The fraction of sp³-hybridized carbons (Fsp3) is 0.394. The van der Waals surface area contributed by atoms with Gasteiger partial charge in [-0.3, -0.25) is 13.9 Å². The van der Waals surface area contributed by atoms with Crippen molar-refractivity contribution in [2.24, 2.45) is 0 Å². The highest BCUT2D eigenvalue weighted by atomic mass is 79.9. The third kappa shape index (κ3) is 9.70. The number of hydrogen-bond donors (Lipinski definition) is 1. The highest BCUT2D eigenvalue weighted by Crippen LogP contribution is 2.23. The molecule has 0 unspecified atom stereocenters. The number of halogens is 1. The molecule has 9 heteroatoms. The Balaban J connectivity index is 1.89. The van der Waals surface area contributed by atoms with Crippen LogP contribution in [-0.4, -0.2) is 50.0 Å². The normalized spacial score (nSPS) is 12.8. The van der Waals surface area contributed by atoms with Crippen LogP contribution in [0.15, 0.2) is 77.3 Å². The van der Waals surface area contributed by atoms with Crippen molar-refractivity contribution in [2.75, 3.05) is 17.1 Å². The monoisotopic (exact) mass is 655 g/mol. The van der Waals surface area contributed by atoms with Crippen LogP contribution in [0, 0.1) is 13.8 Å². The van der Waals surface area contributed by atoms with Crippen molar-refractivity contribution in [3.8, 4) is 0 Å². The molecule has 3 rings (SSSR count). The second-order valence-electron chi connectivity index (χ2n) is 10.9. The van der Waals surface area contributed by atoms with Gasteiger partial charge in [0.2, 0.25) is 21.8 Å². The number of carbonyl (C=O) groups is 2. The van der Waals surface area contributed by atoms with E-state index >= 15 is 0 Å². The SMILES string of the molecule is CC[C@H](C)NC(=O)[C@H](Cc1ccccc1)N(Cc1ccc(Br)cc1)C(=O)CCCN(c1ccc(C)c(C)c1)S(C)(=O)=O. The van der Waals surface area contributed by atoms with Crippen LogP contribution in [0.1, 0.15) is 55.4 Å². The molecule has 0 radical (unpaired) electrons. The Labute approximate surface area is 259 Å². The molecule has 0 saturated heterocycles. The molecule has 0 bridgehead atoms. The molecule has 7 nitrogen and oxygen atoms in total.